The topological polar surface area (TPSA) is 38.7 Å². The lowest BCUT2D eigenvalue weighted by Crippen LogP contribution is -2.16. The molecule has 0 saturated carbocycles. The van der Waals surface area contributed by atoms with Gasteiger partial charge in [-0.1, -0.05) is 23.7 Å². The molecule has 3 nitrogen and oxygen atoms in total. The van der Waals surface area contributed by atoms with Crippen molar-refractivity contribution in [1.29, 1.82) is 0 Å². The Balaban J connectivity index is 1.85. The van der Waals surface area contributed by atoms with E-state index in [4.69, 9.17) is 21.1 Å². The average molecular weight is 309 g/mol. The van der Waals surface area contributed by atoms with Gasteiger partial charge in [0, 0.05) is 18.1 Å². The molecular weight excluding hydrogens is 295 g/mol. The van der Waals surface area contributed by atoms with Gasteiger partial charge in [-0.25, -0.2) is 4.39 Å². The van der Waals surface area contributed by atoms with Crippen molar-refractivity contribution in [3.05, 3.63) is 58.4 Å². The maximum atomic E-state index is 13.2. The number of ether oxygens (including phenoxy) is 2. The van der Waals surface area contributed by atoms with Crippen LogP contribution in [0.3, 0.4) is 0 Å². The molecule has 110 valence electrons. The summed E-state index contributed by atoms with van der Waals surface area (Å²) in [6, 6.07) is 9.46. The first-order valence-electron chi connectivity index (χ1n) is 6.65. The molecule has 5 heteroatoms. The SMILES string of the molecule is OC(Cc1cccc(F)c1)c1cc2c(cc1Cl)OCCO2. The Hall–Kier alpha value is -1.78. The second-order valence-corrected chi connectivity index (χ2v) is 5.27. The lowest BCUT2D eigenvalue weighted by atomic mass is 10.0. The Bertz CT molecular complexity index is 660. The van der Waals surface area contributed by atoms with E-state index in [1.165, 1.54) is 12.1 Å². The predicted octanol–water partition coefficient (Wildman–Crippen LogP) is 3.53. The average Bonchev–Trinajstić information content (AvgIpc) is 2.46. The molecule has 2 aromatic carbocycles. The highest BCUT2D eigenvalue weighted by Crippen LogP contribution is 2.38. The molecule has 0 aliphatic carbocycles. The van der Waals surface area contributed by atoms with Crippen LogP contribution in [-0.4, -0.2) is 18.3 Å². The summed E-state index contributed by atoms with van der Waals surface area (Å²) in [7, 11) is 0. The van der Waals surface area contributed by atoms with Crippen molar-refractivity contribution in [2.45, 2.75) is 12.5 Å². The number of benzene rings is 2. The van der Waals surface area contributed by atoms with Gasteiger partial charge in [-0.3, -0.25) is 0 Å². The van der Waals surface area contributed by atoms with Gasteiger partial charge in [0.05, 0.1) is 11.1 Å². The molecular formula is C16H14ClFO3. The van der Waals surface area contributed by atoms with Crippen molar-refractivity contribution in [1.82, 2.24) is 0 Å². The van der Waals surface area contributed by atoms with Crippen molar-refractivity contribution < 1.29 is 19.0 Å². The van der Waals surface area contributed by atoms with Crippen LogP contribution >= 0.6 is 11.6 Å². The summed E-state index contributed by atoms with van der Waals surface area (Å²) in [5.74, 6) is 0.819. The highest BCUT2D eigenvalue weighted by Gasteiger charge is 2.19. The van der Waals surface area contributed by atoms with Crippen LogP contribution in [0.25, 0.3) is 0 Å². The largest absolute Gasteiger partial charge is 0.486 e. The first-order valence-corrected chi connectivity index (χ1v) is 7.03. The molecule has 0 spiro atoms. The highest BCUT2D eigenvalue weighted by atomic mass is 35.5. The molecule has 0 saturated heterocycles. The molecule has 21 heavy (non-hydrogen) atoms. The van der Waals surface area contributed by atoms with Crippen molar-refractivity contribution in [2.75, 3.05) is 13.2 Å². The van der Waals surface area contributed by atoms with Crippen LogP contribution in [0.1, 0.15) is 17.2 Å². The number of aliphatic hydroxyl groups excluding tert-OH is 1. The Morgan fingerprint density at radius 3 is 2.57 bits per heavy atom. The third-order valence-corrected chi connectivity index (χ3v) is 3.67. The molecule has 1 atom stereocenters. The number of aliphatic hydroxyl groups is 1. The predicted molar refractivity (Wildman–Crippen MR) is 77.5 cm³/mol. The van der Waals surface area contributed by atoms with Gasteiger partial charge < -0.3 is 14.6 Å². The van der Waals surface area contributed by atoms with Crippen LogP contribution in [0.15, 0.2) is 36.4 Å². The quantitative estimate of drug-likeness (QED) is 0.943. The Morgan fingerprint density at radius 2 is 1.86 bits per heavy atom. The summed E-state index contributed by atoms with van der Waals surface area (Å²) >= 11 is 6.18. The van der Waals surface area contributed by atoms with E-state index in [0.29, 0.717) is 40.9 Å². The fourth-order valence-electron chi connectivity index (χ4n) is 2.33. The van der Waals surface area contributed by atoms with Crippen LogP contribution in [0.2, 0.25) is 5.02 Å². The summed E-state index contributed by atoms with van der Waals surface area (Å²) < 4.78 is 24.1. The van der Waals surface area contributed by atoms with E-state index in [2.05, 4.69) is 0 Å². The Labute approximate surface area is 126 Å². The van der Waals surface area contributed by atoms with Gasteiger partial charge >= 0.3 is 0 Å². The maximum absolute atomic E-state index is 13.2. The zero-order chi connectivity index (χ0) is 14.8. The van der Waals surface area contributed by atoms with Gasteiger partial charge in [0.1, 0.15) is 19.0 Å². The van der Waals surface area contributed by atoms with Crippen molar-refractivity contribution in [2.24, 2.45) is 0 Å². The normalized spacial score (nSPS) is 14.8. The minimum absolute atomic E-state index is 0.275. The van der Waals surface area contributed by atoms with Gasteiger partial charge in [-0.05, 0) is 23.8 Å². The minimum atomic E-state index is -0.838. The second kappa shape index (κ2) is 5.92. The second-order valence-electron chi connectivity index (χ2n) is 4.87. The van der Waals surface area contributed by atoms with Crippen LogP contribution in [-0.2, 0) is 6.42 Å². The molecule has 0 aromatic heterocycles. The molecule has 1 aliphatic rings. The fraction of sp³-hybridized carbons (Fsp3) is 0.250. The molecule has 1 aliphatic heterocycles. The molecule has 1 unspecified atom stereocenters. The summed E-state index contributed by atoms with van der Waals surface area (Å²) in [5.41, 5.74) is 1.25. The van der Waals surface area contributed by atoms with Gasteiger partial charge in [0.2, 0.25) is 0 Å². The molecule has 1 heterocycles. The van der Waals surface area contributed by atoms with Gasteiger partial charge in [-0.15, -0.1) is 0 Å². The first kappa shape index (κ1) is 14.2. The number of hydrogen-bond donors (Lipinski definition) is 1. The van der Waals surface area contributed by atoms with Crippen LogP contribution < -0.4 is 9.47 Å². The molecule has 1 N–H and O–H groups in total. The molecule has 2 aromatic rings. The van der Waals surface area contributed by atoms with E-state index >= 15 is 0 Å². The summed E-state index contributed by atoms with van der Waals surface area (Å²) in [6.45, 7) is 0.947. The Morgan fingerprint density at radius 1 is 1.14 bits per heavy atom. The number of hydrogen-bond acceptors (Lipinski definition) is 3. The number of rotatable bonds is 3. The molecule has 0 fully saturated rings. The van der Waals surface area contributed by atoms with Crippen LogP contribution in [0.4, 0.5) is 4.39 Å². The van der Waals surface area contributed by atoms with Gasteiger partial charge in [-0.2, -0.15) is 0 Å². The highest BCUT2D eigenvalue weighted by molar-refractivity contribution is 6.31. The third kappa shape index (κ3) is 3.12. The minimum Gasteiger partial charge on any atom is -0.486 e. The van der Waals surface area contributed by atoms with E-state index in [-0.39, 0.29) is 12.2 Å². The number of halogens is 2. The monoisotopic (exact) mass is 308 g/mol. The number of fused-ring (bicyclic) bond motifs is 1. The Kier molecular flexibility index (Phi) is 3.99. The van der Waals surface area contributed by atoms with Crippen molar-refractivity contribution in [3.8, 4) is 11.5 Å². The first-order chi connectivity index (χ1) is 10.1. The standard InChI is InChI=1S/C16H14ClFO3/c17-13-9-16-15(20-4-5-21-16)8-12(13)14(19)7-10-2-1-3-11(18)6-10/h1-3,6,8-9,14,19H,4-5,7H2. The smallest absolute Gasteiger partial charge is 0.162 e. The van der Waals surface area contributed by atoms with Crippen molar-refractivity contribution >= 4 is 11.6 Å². The lowest BCUT2D eigenvalue weighted by Gasteiger charge is -2.21. The van der Waals surface area contributed by atoms with E-state index < -0.39 is 6.10 Å². The summed E-state index contributed by atoms with van der Waals surface area (Å²) in [4.78, 5) is 0. The van der Waals surface area contributed by atoms with E-state index in [9.17, 15) is 9.50 Å². The zero-order valence-corrected chi connectivity index (χ0v) is 11.9. The van der Waals surface area contributed by atoms with E-state index in [0.717, 1.165) is 0 Å². The summed E-state index contributed by atoms with van der Waals surface area (Å²) in [5, 5.41) is 10.7. The van der Waals surface area contributed by atoms with E-state index in [1.54, 1.807) is 24.3 Å². The zero-order valence-electron chi connectivity index (χ0n) is 11.2. The van der Waals surface area contributed by atoms with Crippen LogP contribution in [0, 0.1) is 5.82 Å². The van der Waals surface area contributed by atoms with E-state index in [1.807, 2.05) is 0 Å². The van der Waals surface area contributed by atoms with Gasteiger partial charge in [0.15, 0.2) is 11.5 Å². The third-order valence-electron chi connectivity index (χ3n) is 3.34. The van der Waals surface area contributed by atoms with Crippen molar-refractivity contribution in [3.63, 3.8) is 0 Å². The van der Waals surface area contributed by atoms with Crippen LogP contribution in [0.5, 0.6) is 11.5 Å². The molecule has 3 rings (SSSR count). The summed E-state index contributed by atoms with van der Waals surface area (Å²) in [6.07, 6.45) is -0.563. The van der Waals surface area contributed by atoms with Gasteiger partial charge in [0.25, 0.3) is 0 Å². The molecule has 0 amide bonds. The maximum Gasteiger partial charge on any atom is 0.162 e. The molecule has 0 bridgehead atoms. The lowest BCUT2D eigenvalue weighted by molar-refractivity contribution is 0.164. The molecule has 0 radical (unpaired) electrons. The fourth-order valence-corrected chi connectivity index (χ4v) is 2.61.